The molecule has 0 heterocycles. The molecule has 0 aromatic rings. The molecule has 1 nitrogen and oxygen atoms in total. The third-order valence-electron chi connectivity index (χ3n) is 1.54. The van der Waals surface area contributed by atoms with Crippen molar-refractivity contribution in [3.63, 3.8) is 0 Å². The summed E-state index contributed by atoms with van der Waals surface area (Å²) in [5.41, 5.74) is 0. The predicted molar refractivity (Wildman–Crippen MR) is 32.5 cm³/mol. The van der Waals surface area contributed by atoms with Gasteiger partial charge in [-0.3, -0.25) is 0 Å². The lowest BCUT2D eigenvalue weighted by molar-refractivity contribution is -0.108. The molecule has 1 aliphatic rings. The molecule has 0 fully saturated rings. The van der Waals surface area contributed by atoms with E-state index in [2.05, 4.69) is 12.2 Å². The summed E-state index contributed by atoms with van der Waals surface area (Å²) in [6, 6.07) is 0. The molecular weight excluding hydrogens is 100 g/mol. The maximum atomic E-state index is 9.93. The number of carbonyl (C=O) groups is 1. The number of aldehydes is 1. The molecular formula is C7H10O. The van der Waals surface area contributed by atoms with Crippen molar-refractivity contribution in [2.75, 3.05) is 0 Å². The number of carbonyl (C=O) groups excluding carboxylic acids is 1. The molecule has 0 bridgehead atoms. The van der Waals surface area contributed by atoms with Crippen LogP contribution in [0.15, 0.2) is 12.2 Å². The van der Waals surface area contributed by atoms with Gasteiger partial charge in [0, 0.05) is 6.42 Å². The average molecular weight is 110 g/mol. The van der Waals surface area contributed by atoms with Crippen LogP contribution in [0.4, 0.5) is 0 Å². The first-order valence-electron chi connectivity index (χ1n) is 3.02. The molecule has 0 amide bonds. The molecule has 1 aliphatic carbocycles. The Balaban J connectivity index is 2.19. The van der Waals surface area contributed by atoms with E-state index in [4.69, 9.17) is 0 Å². The van der Waals surface area contributed by atoms with Gasteiger partial charge in [-0.1, -0.05) is 12.2 Å². The fourth-order valence-electron chi connectivity index (χ4n) is 1.00. The molecule has 0 unspecified atom stereocenters. The number of allylic oxidation sites excluding steroid dienone is 2. The Morgan fingerprint density at radius 3 is 2.62 bits per heavy atom. The Kier molecular flexibility index (Phi) is 1.84. The van der Waals surface area contributed by atoms with Crippen LogP contribution in [0.1, 0.15) is 19.3 Å². The van der Waals surface area contributed by atoms with Crippen molar-refractivity contribution in [2.24, 2.45) is 5.92 Å². The Morgan fingerprint density at radius 2 is 2.12 bits per heavy atom. The zero-order valence-electron chi connectivity index (χ0n) is 4.84. The van der Waals surface area contributed by atoms with E-state index in [-0.39, 0.29) is 0 Å². The standard InChI is InChI=1S/C7H10O/c8-6-5-7-3-1-2-4-7/h1-2,6-7H,3-5H2. The molecule has 0 saturated heterocycles. The van der Waals surface area contributed by atoms with Crippen molar-refractivity contribution in [1.29, 1.82) is 0 Å². The Bertz CT molecular complexity index is 97.0. The van der Waals surface area contributed by atoms with E-state index in [1.165, 1.54) is 0 Å². The second kappa shape index (κ2) is 2.65. The van der Waals surface area contributed by atoms with E-state index >= 15 is 0 Å². The lowest BCUT2D eigenvalue weighted by Gasteiger charge is -1.99. The van der Waals surface area contributed by atoms with E-state index in [0.717, 1.165) is 25.5 Å². The van der Waals surface area contributed by atoms with Gasteiger partial charge in [-0.25, -0.2) is 0 Å². The largest absolute Gasteiger partial charge is 0.303 e. The van der Waals surface area contributed by atoms with Gasteiger partial charge in [0.1, 0.15) is 6.29 Å². The highest BCUT2D eigenvalue weighted by molar-refractivity contribution is 5.50. The molecule has 0 saturated carbocycles. The monoisotopic (exact) mass is 110 g/mol. The molecule has 0 atom stereocenters. The van der Waals surface area contributed by atoms with Gasteiger partial charge in [-0.2, -0.15) is 0 Å². The van der Waals surface area contributed by atoms with Gasteiger partial charge in [-0.15, -0.1) is 0 Å². The van der Waals surface area contributed by atoms with Crippen molar-refractivity contribution >= 4 is 6.29 Å². The second-order valence-corrected chi connectivity index (χ2v) is 2.21. The SMILES string of the molecule is O=CCC1CC=CC1. The Labute approximate surface area is 49.4 Å². The fraction of sp³-hybridized carbons (Fsp3) is 0.571. The summed E-state index contributed by atoms with van der Waals surface area (Å²) < 4.78 is 0. The molecule has 0 aromatic heterocycles. The van der Waals surface area contributed by atoms with Crippen molar-refractivity contribution in [3.05, 3.63) is 12.2 Å². The summed E-state index contributed by atoms with van der Waals surface area (Å²) in [6.07, 6.45) is 8.27. The predicted octanol–water partition coefficient (Wildman–Crippen LogP) is 1.54. The average Bonchev–Trinajstić information content (AvgIpc) is 2.19. The maximum absolute atomic E-state index is 9.93. The Hall–Kier alpha value is -0.590. The molecule has 0 spiro atoms. The van der Waals surface area contributed by atoms with Crippen LogP contribution in [0.25, 0.3) is 0 Å². The van der Waals surface area contributed by atoms with Crippen molar-refractivity contribution in [2.45, 2.75) is 19.3 Å². The van der Waals surface area contributed by atoms with Crippen LogP contribution in [0.3, 0.4) is 0 Å². The van der Waals surface area contributed by atoms with Crippen molar-refractivity contribution < 1.29 is 4.79 Å². The van der Waals surface area contributed by atoms with Crippen LogP contribution in [-0.4, -0.2) is 6.29 Å². The van der Waals surface area contributed by atoms with Gasteiger partial charge < -0.3 is 4.79 Å². The van der Waals surface area contributed by atoms with Crippen LogP contribution >= 0.6 is 0 Å². The third kappa shape index (κ3) is 1.19. The summed E-state index contributed by atoms with van der Waals surface area (Å²) in [5.74, 6) is 0.632. The van der Waals surface area contributed by atoms with Crippen LogP contribution in [0, 0.1) is 5.92 Å². The summed E-state index contributed by atoms with van der Waals surface area (Å²) >= 11 is 0. The molecule has 1 heteroatoms. The first kappa shape index (κ1) is 5.54. The van der Waals surface area contributed by atoms with Crippen LogP contribution in [-0.2, 0) is 4.79 Å². The number of rotatable bonds is 2. The zero-order valence-corrected chi connectivity index (χ0v) is 4.84. The van der Waals surface area contributed by atoms with Gasteiger partial charge in [-0.05, 0) is 18.8 Å². The molecule has 0 aliphatic heterocycles. The first-order valence-corrected chi connectivity index (χ1v) is 3.02. The van der Waals surface area contributed by atoms with E-state index in [1.807, 2.05) is 0 Å². The molecule has 8 heavy (non-hydrogen) atoms. The minimum atomic E-state index is 0.632. The van der Waals surface area contributed by atoms with E-state index in [9.17, 15) is 4.79 Å². The first-order chi connectivity index (χ1) is 3.93. The highest BCUT2D eigenvalue weighted by Gasteiger charge is 2.07. The lowest BCUT2D eigenvalue weighted by Crippen LogP contribution is -1.92. The van der Waals surface area contributed by atoms with E-state index in [0.29, 0.717) is 5.92 Å². The Morgan fingerprint density at radius 1 is 1.50 bits per heavy atom. The van der Waals surface area contributed by atoms with Crippen LogP contribution in [0.2, 0.25) is 0 Å². The highest BCUT2D eigenvalue weighted by atomic mass is 16.1. The lowest BCUT2D eigenvalue weighted by atomic mass is 10.1. The molecule has 1 rings (SSSR count). The quantitative estimate of drug-likeness (QED) is 0.389. The van der Waals surface area contributed by atoms with Crippen molar-refractivity contribution in [1.82, 2.24) is 0 Å². The normalized spacial score (nSPS) is 19.5. The van der Waals surface area contributed by atoms with Gasteiger partial charge >= 0.3 is 0 Å². The minimum Gasteiger partial charge on any atom is -0.303 e. The third-order valence-corrected chi connectivity index (χ3v) is 1.54. The summed E-state index contributed by atoms with van der Waals surface area (Å²) in [7, 11) is 0. The number of hydrogen-bond acceptors (Lipinski definition) is 1. The van der Waals surface area contributed by atoms with Crippen molar-refractivity contribution in [3.8, 4) is 0 Å². The zero-order chi connectivity index (χ0) is 5.82. The molecule has 0 aromatic carbocycles. The van der Waals surface area contributed by atoms with E-state index < -0.39 is 0 Å². The molecule has 0 N–H and O–H groups in total. The van der Waals surface area contributed by atoms with Gasteiger partial charge in [0.15, 0.2) is 0 Å². The van der Waals surface area contributed by atoms with Crippen LogP contribution in [0.5, 0.6) is 0 Å². The molecule has 44 valence electrons. The van der Waals surface area contributed by atoms with Gasteiger partial charge in [0.2, 0.25) is 0 Å². The smallest absolute Gasteiger partial charge is 0.120 e. The van der Waals surface area contributed by atoms with Gasteiger partial charge in [0.25, 0.3) is 0 Å². The second-order valence-electron chi connectivity index (χ2n) is 2.21. The highest BCUT2D eigenvalue weighted by Crippen LogP contribution is 2.19. The van der Waals surface area contributed by atoms with Gasteiger partial charge in [0.05, 0.1) is 0 Å². The van der Waals surface area contributed by atoms with Crippen LogP contribution < -0.4 is 0 Å². The summed E-state index contributed by atoms with van der Waals surface area (Å²) in [5, 5.41) is 0. The number of hydrogen-bond donors (Lipinski definition) is 0. The minimum absolute atomic E-state index is 0.632. The summed E-state index contributed by atoms with van der Waals surface area (Å²) in [6.45, 7) is 0. The fourth-order valence-corrected chi connectivity index (χ4v) is 1.00. The topological polar surface area (TPSA) is 17.1 Å². The summed E-state index contributed by atoms with van der Waals surface area (Å²) in [4.78, 5) is 9.93. The van der Waals surface area contributed by atoms with E-state index in [1.54, 1.807) is 0 Å². The maximum Gasteiger partial charge on any atom is 0.120 e. The molecule has 0 radical (unpaired) electrons.